The lowest BCUT2D eigenvalue weighted by Gasteiger charge is -2.42. The zero-order valence-corrected chi connectivity index (χ0v) is 33.8. The van der Waals surface area contributed by atoms with Crippen LogP contribution in [0.4, 0.5) is 11.6 Å². The molecule has 6 aliphatic rings. The first-order chi connectivity index (χ1) is 28.6. The number of fused-ring (bicyclic) bond motifs is 4. The second-order valence-corrected chi connectivity index (χ2v) is 19.1. The highest BCUT2D eigenvalue weighted by Gasteiger charge is 2.43. The summed E-state index contributed by atoms with van der Waals surface area (Å²) in [6.07, 6.45) is 9.79. The smallest absolute Gasteiger partial charge is 0.255 e. The van der Waals surface area contributed by atoms with Crippen molar-refractivity contribution >= 4 is 50.4 Å². The maximum absolute atomic E-state index is 14.0. The summed E-state index contributed by atoms with van der Waals surface area (Å²) in [4.78, 5) is 66.5. The van der Waals surface area contributed by atoms with E-state index in [-0.39, 0.29) is 48.0 Å². The van der Waals surface area contributed by atoms with Gasteiger partial charge in [0.05, 0.1) is 4.90 Å². The first-order valence-electron chi connectivity index (χ1n) is 21.1. The summed E-state index contributed by atoms with van der Waals surface area (Å²) in [5.74, 6) is -0.412. The van der Waals surface area contributed by atoms with Crippen molar-refractivity contribution in [1.29, 1.82) is 0 Å². The number of imide groups is 1. The zero-order chi connectivity index (χ0) is 40.4. The van der Waals surface area contributed by atoms with Crippen LogP contribution >= 0.6 is 0 Å². The molecular weight excluding hydrogens is 771 g/mol. The number of hydrogen-bond acceptors (Lipinski definition) is 11. The lowest BCUT2D eigenvalue weighted by molar-refractivity contribution is -0.136. The molecule has 2 aromatic heterocycles. The summed E-state index contributed by atoms with van der Waals surface area (Å²) in [7, 11) is -3.71. The van der Waals surface area contributed by atoms with E-state index in [2.05, 4.69) is 31.5 Å². The predicted molar refractivity (Wildman–Crippen MR) is 220 cm³/mol. The van der Waals surface area contributed by atoms with Crippen molar-refractivity contribution in [3.05, 3.63) is 87.8 Å². The zero-order valence-electron chi connectivity index (χ0n) is 33.0. The first kappa shape index (κ1) is 38.0. The topological polar surface area (TPSA) is 170 Å². The van der Waals surface area contributed by atoms with Crippen LogP contribution < -0.4 is 21.1 Å². The van der Waals surface area contributed by atoms with E-state index in [4.69, 9.17) is 4.98 Å². The summed E-state index contributed by atoms with van der Waals surface area (Å²) in [5, 5.41) is 6.63. The van der Waals surface area contributed by atoms with Gasteiger partial charge in [-0.3, -0.25) is 34.0 Å². The highest BCUT2D eigenvalue weighted by Crippen LogP contribution is 2.38. The van der Waals surface area contributed by atoms with Crippen LogP contribution in [0, 0.1) is 0 Å². The van der Waals surface area contributed by atoms with E-state index < -0.39 is 22.0 Å². The average Bonchev–Trinajstić information content (AvgIpc) is 3.94. The molecule has 0 radical (unpaired) electrons. The van der Waals surface area contributed by atoms with Gasteiger partial charge in [0.15, 0.2) is 0 Å². The van der Waals surface area contributed by atoms with Crippen LogP contribution in [0.5, 0.6) is 0 Å². The molecule has 3 amide bonds. The van der Waals surface area contributed by atoms with Crippen LogP contribution in [0.1, 0.15) is 91.7 Å². The number of likely N-dealkylation sites (tertiary alicyclic amines) is 1. The number of piperidine rings is 2. The standard InChI is InChI=1S/C43H49N9O6S/c53-38-14-13-37(41(55)46-38)50-24-29-21-32(11-12-36(29)42(50)56)51-33-9-10-34(51)26-48(25-33)23-27-4-3-7-35(20-27)59(57,58)49-18-16-30(17-19-49)45-43-44-22-28-8-15-39(54)52(40(28)47-43)31-5-1-2-6-31/h3-4,7-8,11-12,15,20-22,30-31,33-34,37H,1-2,5-6,9-10,13-14,16-19,23-26H2,(H,44,45,47)(H,46,53,55). The van der Waals surface area contributed by atoms with Crippen molar-refractivity contribution < 1.29 is 22.8 Å². The molecule has 15 nitrogen and oxygen atoms in total. The van der Waals surface area contributed by atoms with Gasteiger partial charge in [-0.15, -0.1) is 0 Å². The highest BCUT2D eigenvalue weighted by atomic mass is 32.2. The highest BCUT2D eigenvalue weighted by molar-refractivity contribution is 7.89. The molecular formula is C43H49N9O6S. The van der Waals surface area contributed by atoms with Gasteiger partial charge in [-0.25, -0.2) is 13.4 Å². The molecule has 4 aromatic rings. The van der Waals surface area contributed by atoms with E-state index in [0.29, 0.717) is 67.5 Å². The Bertz CT molecular complexity index is 2500. The number of nitrogens with one attached hydrogen (secondary N) is 2. The lowest BCUT2D eigenvalue weighted by atomic mass is 10.0. The molecule has 16 heteroatoms. The van der Waals surface area contributed by atoms with Gasteiger partial charge in [0.1, 0.15) is 11.7 Å². The number of hydrogen-bond donors (Lipinski definition) is 2. The Kier molecular flexibility index (Phi) is 9.75. The number of piperazine rings is 1. The minimum Gasteiger partial charge on any atom is -0.363 e. The molecule has 308 valence electrons. The quantitative estimate of drug-likeness (QED) is 0.236. The molecule has 1 saturated carbocycles. The third-order valence-corrected chi connectivity index (χ3v) is 15.3. The van der Waals surface area contributed by atoms with E-state index in [9.17, 15) is 27.6 Å². The maximum Gasteiger partial charge on any atom is 0.255 e. The second kappa shape index (κ2) is 15.1. The molecule has 2 N–H and O–H groups in total. The average molecular weight is 820 g/mol. The number of amides is 3. The van der Waals surface area contributed by atoms with Crippen molar-refractivity contribution in [2.24, 2.45) is 0 Å². The summed E-state index contributed by atoms with van der Waals surface area (Å²) in [5.41, 5.74) is 4.17. The number of benzene rings is 2. The van der Waals surface area contributed by atoms with Crippen LogP contribution in [0.15, 0.2) is 70.5 Å². The fourth-order valence-corrected chi connectivity index (χ4v) is 12.1. The Morgan fingerprint density at radius 3 is 2.37 bits per heavy atom. The molecule has 0 spiro atoms. The molecule has 3 atom stereocenters. The Morgan fingerprint density at radius 2 is 1.61 bits per heavy atom. The van der Waals surface area contributed by atoms with Crippen LogP contribution in [0.3, 0.4) is 0 Å². The van der Waals surface area contributed by atoms with Gasteiger partial charge >= 0.3 is 0 Å². The SMILES string of the molecule is O=C1CCC(N2Cc3cc(N4C5CCC4CN(Cc4cccc(S(=O)(=O)N6CCC(Nc7ncc8ccc(=O)n(C9CCCC9)c8n7)CC6)c4)C5)ccc3C2=O)C(=O)N1. The number of rotatable bonds is 9. The molecule has 3 unspecified atom stereocenters. The normalized spacial score (nSPS) is 24.6. The maximum atomic E-state index is 14.0. The molecule has 59 heavy (non-hydrogen) atoms. The predicted octanol–water partition coefficient (Wildman–Crippen LogP) is 3.79. The van der Waals surface area contributed by atoms with Gasteiger partial charge in [0, 0.05) is 98.8 Å². The fourth-order valence-electron chi connectivity index (χ4n) is 10.5. The monoisotopic (exact) mass is 819 g/mol. The molecule has 5 fully saturated rings. The summed E-state index contributed by atoms with van der Waals surface area (Å²) >= 11 is 0. The number of sulfonamides is 1. The minimum absolute atomic E-state index is 0.00135. The number of nitrogens with zero attached hydrogens (tertiary/aromatic N) is 7. The van der Waals surface area contributed by atoms with Crippen LogP contribution in [-0.4, -0.2) is 105 Å². The summed E-state index contributed by atoms with van der Waals surface area (Å²) in [6.45, 7) is 3.43. The second-order valence-electron chi connectivity index (χ2n) is 17.2. The Balaban J connectivity index is 0.760. The third-order valence-electron chi connectivity index (χ3n) is 13.4. The Labute approximate surface area is 342 Å². The number of aromatic nitrogens is 3. The fraction of sp³-hybridized carbons (Fsp3) is 0.488. The molecule has 2 bridgehead atoms. The van der Waals surface area contributed by atoms with Crippen LogP contribution in [0.2, 0.25) is 0 Å². The Morgan fingerprint density at radius 1 is 0.831 bits per heavy atom. The van der Waals surface area contributed by atoms with Crippen molar-refractivity contribution in [1.82, 2.24) is 34.0 Å². The van der Waals surface area contributed by atoms with Gasteiger partial charge in [-0.2, -0.15) is 9.29 Å². The number of carbonyl (C=O) groups is 3. The largest absolute Gasteiger partial charge is 0.363 e. The first-order valence-corrected chi connectivity index (χ1v) is 22.6. The van der Waals surface area contributed by atoms with Gasteiger partial charge in [0.25, 0.3) is 11.5 Å². The third kappa shape index (κ3) is 7.08. The summed E-state index contributed by atoms with van der Waals surface area (Å²) in [6, 6.07) is 16.8. The van der Waals surface area contributed by atoms with E-state index in [1.807, 2.05) is 34.9 Å². The van der Waals surface area contributed by atoms with Crippen molar-refractivity contribution in [3.63, 3.8) is 0 Å². The van der Waals surface area contributed by atoms with Gasteiger partial charge in [0.2, 0.25) is 27.8 Å². The van der Waals surface area contributed by atoms with Gasteiger partial charge in [-0.05, 0) is 92.5 Å². The van der Waals surface area contributed by atoms with Crippen LogP contribution in [0.25, 0.3) is 11.0 Å². The molecule has 5 aliphatic heterocycles. The van der Waals surface area contributed by atoms with Crippen molar-refractivity contribution in [2.75, 3.05) is 36.4 Å². The van der Waals surface area contributed by atoms with E-state index in [1.54, 1.807) is 33.6 Å². The van der Waals surface area contributed by atoms with E-state index in [1.165, 1.54) is 0 Å². The van der Waals surface area contributed by atoms with Gasteiger partial charge < -0.3 is 15.1 Å². The molecule has 7 heterocycles. The molecule has 1 aliphatic carbocycles. The number of anilines is 2. The minimum atomic E-state index is -3.71. The molecule has 4 saturated heterocycles. The van der Waals surface area contributed by atoms with Crippen LogP contribution in [-0.2, 0) is 32.7 Å². The lowest BCUT2D eigenvalue weighted by Crippen LogP contribution is -2.53. The van der Waals surface area contributed by atoms with E-state index >= 15 is 0 Å². The molecule has 2 aromatic carbocycles. The van der Waals surface area contributed by atoms with Crippen molar-refractivity contribution in [3.8, 4) is 0 Å². The van der Waals surface area contributed by atoms with Gasteiger partial charge in [-0.1, -0.05) is 25.0 Å². The van der Waals surface area contributed by atoms with Crippen molar-refractivity contribution in [2.45, 2.75) is 112 Å². The van der Waals surface area contributed by atoms with E-state index in [0.717, 1.165) is 73.8 Å². The number of pyridine rings is 1. The number of carbonyl (C=O) groups excluding carboxylic acids is 3. The Hall–Kier alpha value is -5.19. The molecule has 10 rings (SSSR count). The summed E-state index contributed by atoms with van der Waals surface area (Å²) < 4.78 is 31.3.